The highest BCUT2D eigenvalue weighted by atomic mass is 32.1. The number of thiazole rings is 1. The molecule has 0 aliphatic heterocycles. The van der Waals surface area contributed by atoms with Crippen LogP contribution in [0.5, 0.6) is 0 Å². The van der Waals surface area contributed by atoms with E-state index >= 15 is 0 Å². The highest BCUT2D eigenvalue weighted by Crippen LogP contribution is 2.33. The van der Waals surface area contributed by atoms with Crippen LogP contribution in [0, 0.1) is 0 Å². The highest BCUT2D eigenvalue weighted by molar-refractivity contribution is 7.15. The van der Waals surface area contributed by atoms with Gasteiger partial charge >= 0.3 is 0 Å². The fourth-order valence-corrected chi connectivity index (χ4v) is 2.53. The minimum absolute atomic E-state index is 0.431. The number of amides is 1. The van der Waals surface area contributed by atoms with Gasteiger partial charge in [-0.2, -0.15) is 0 Å². The molecular weight excluding hydrogens is 232 g/mol. The van der Waals surface area contributed by atoms with E-state index in [1.54, 1.807) is 11.3 Å². The zero-order chi connectivity index (χ0) is 12.3. The van der Waals surface area contributed by atoms with Gasteiger partial charge in [-0.15, -0.1) is 11.3 Å². The number of hydrogen-bond acceptors (Lipinski definition) is 3. The minimum Gasteiger partial charge on any atom is -0.328 e. The zero-order valence-electron chi connectivity index (χ0n) is 9.81. The quantitative estimate of drug-likeness (QED) is 0.839. The van der Waals surface area contributed by atoms with E-state index in [9.17, 15) is 4.79 Å². The summed E-state index contributed by atoms with van der Waals surface area (Å²) in [5.41, 5.74) is 1.84. The molecule has 1 N–H and O–H groups in total. The third-order valence-corrected chi connectivity index (χ3v) is 3.76. The Bertz CT molecular complexity index is 520. The van der Waals surface area contributed by atoms with E-state index in [0.29, 0.717) is 12.3 Å². The molecule has 0 saturated heterocycles. The van der Waals surface area contributed by atoms with Crippen LogP contribution in [0.2, 0.25) is 0 Å². The zero-order valence-corrected chi connectivity index (χ0v) is 10.6. The van der Waals surface area contributed by atoms with Crippen LogP contribution in [0.25, 0.3) is 10.4 Å². The Labute approximate surface area is 105 Å². The molecule has 0 aliphatic rings. The Hall–Kier alpha value is -1.68. The summed E-state index contributed by atoms with van der Waals surface area (Å²) in [5, 5.41) is 3.82. The van der Waals surface area contributed by atoms with Crippen molar-refractivity contribution in [2.24, 2.45) is 0 Å². The van der Waals surface area contributed by atoms with Crippen molar-refractivity contribution in [1.29, 1.82) is 0 Å². The Kier molecular flexibility index (Phi) is 3.54. The molecule has 0 atom stereocenters. The fraction of sp³-hybridized carbons (Fsp3) is 0.231. The lowest BCUT2D eigenvalue weighted by Gasteiger charge is -2.05. The molecule has 17 heavy (non-hydrogen) atoms. The van der Waals surface area contributed by atoms with E-state index in [-0.39, 0.29) is 0 Å². The summed E-state index contributed by atoms with van der Waals surface area (Å²) >= 11 is 1.67. The number of carbonyl (C=O) groups excluding carboxylic acids is 1. The first kappa shape index (κ1) is 11.8. The first-order valence-electron chi connectivity index (χ1n) is 5.47. The van der Waals surface area contributed by atoms with Crippen LogP contribution in [-0.4, -0.2) is 11.4 Å². The number of aromatic nitrogens is 1. The lowest BCUT2D eigenvalue weighted by molar-refractivity contribution is -0.105. The standard InChI is InChI=1S/C13H14N2OS/c1-9(2)13-14-7-12(17-13)10-5-3-4-6-11(10)15-8-16/h3-9H,1-2H3,(H,15,16). The summed E-state index contributed by atoms with van der Waals surface area (Å²) in [4.78, 5) is 16.0. The largest absolute Gasteiger partial charge is 0.328 e. The third-order valence-electron chi connectivity index (χ3n) is 2.42. The number of nitrogens with one attached hydrogen (secondary N) is 1. The van der Waals surface area contributed by atoms with E-state index in [2.05, 4.69) is 24.1 Å². The molecule has 1 amide bonds. The molecule has 0 aliphatic carbocycles. The van der Waals surface area contributed by atoms with Gasteiger partial charge < -0.3 is 5.32 Å². The van der Waals surface area contributed by atoms with Gasteiger partial charge in [-0.1, -0.05) is 32.0 Å². The van der Waals surface area contributed by atoms with Crippen LogP contribution >= 0.6 is 11.3 Å². The van der Waals surface area contributed by atoms with Crippen LogP contribution in [-0.2, 0) is 4.79 Å². The molecular formula is C13H14N2OS. The van der Waals surface area contributed by atoms with Crippen LogP contribution in [0.3, 0.4) is 0 Å². The summed E-state index contributed by atoms with van der Waals surface area (Å²) < 4.78 is 0. The van der Waals surface area contributed by atoms with E-state index in [0.717, 1.165) is 21.1 Å². The Morgan fingerprint density at radius 2 is 2.12 bits per heavy atom. The molecule has 4 heteroatoms. The van der Waals surface area contributed by atoms with Gasteiger partial charge in [0.15, 0.2) is 0 Å². The summed E-state index contributed by atoms with van der Waals surface area (Å²) in [6.07, 6.45) is 2.56. The lowest BCUT2D eigenvalue weighted by Crippen LogP contribution is -1.95. The molecule has 0 bridgehead atoms. The summed E-state index contributed by atoms with van der Waals surface area (Å²) in [7, 11) is 0. The van der Waals surface area contributed by atoms with Gasteiger partial charge in [0.25, 0.3) is 0 Å². The predicted molar refractivity (Wildman–Crippen MR) is 71.3 cm³/mol. The van der Waals surface area contributed by atoms with Gasteiger partial charge in [-0.05, 0) is 6.07 Å². The van der Waals surface area contributed by atoms with Gasteiger partial charge in [0.2, 0.25) is 6.41 Å². The highest BCUT2D eigenvalue weighted by Gasteiger charge is 2.10. The van der Waals surface area contributed by atoms with Crippen LogP contribution in [0.15, 0.2) is 30.5 Å². The van der Waals surface area contributed by atoms with Crippen LogP contribution < -0.4 is 5.32 Å². The van der Waals surface area contributed by atoms with Crippen molar-refractivity contribution >= 4 is 23.4 Å². The number of carbonyl (C=O) groups is 1. The second-order valence-corrected chi connectivity index (χ2v) is 5.09. The van der Waals surface area contributed by atoms with E-state index in [1.807, 2.05) is 30.5 Å². The molecule has 0 spiro atoms. The maximum atomic E-state index is 10.5. The predicted octanol–water partition coefficient (Wildman–Crippen LogP) is 3.50. The van der Waals surface area contributed by atoms with E-state index in [4.69, 9.17) is 0 Å². The first-order chi connectivity index (χ1) is 8.22. The maximum Gasteiger partial charge on any atom is 0.211 e. The average molecular weight is 246 g/mol. The number of anilines is 1. The Morgan fingerprint density at radius 1 is 1.35 bits per heavy atom. The molecule has 0 saturated carbocycles. The van der Waals surface area contributed by atoms with Gasteiger partial charge in [0.1, 0.15) is 0 Å². The van der Waals surface area contributed by atoms with Crippen molar-refractivity contribution in [2.45, 2.75) is 19.8 Å². The number of para-hydroxylation sites is 1. The molecule has 1 aromatic carbocycles. The lowest BCUT2D eigenvalue weighted by atomic mass is 10.1. The van der Waals surface area contributed by atoms with Crippen LogP contribution in [0.4, 0.5) is 5.69 Å². The number of benzene rings is 1. The maximum absolute atomic E-state index is 10.5. The average Bonchev–Trinajstić information content (AvgIpc) is 2.79. The SMILES string of the molecule is CC(C)c1ncc(-c2ccccc2NC=O)s1. The number of nitrogens with zero attached hydrogens (tertiary/aromatic N) is 1. The van der Waals surface area contributed by atoms with Crippen LogP contribution in [0.1, 0.15) is 24.8 Å². The number of hydrogen-bond donors (Lipinski definition) is 1. The smallest absolute Gasteiger partial charge is 0.211 e. The first-order valence-corrected chi connectivity index (χ1v) is 6.29. The van der Waals surface area contributed by atoms with Gasteiger partial charge in [-0.25, -0.2) is 4.98 Å². The molecule has 2 aromatic rings. The van der Waals surface area contributed by atoms with Gasteiger partial charge in [-0.3, -0.25) is 4.79 Å². The Morgan fingerprint density at radius 3 is 2.76 bits per heavy atom. The molecule has 88 valence electrons. The molecule has 1 aromatic heterocycles. The van der Waals surface area contributed by atoms with Gasteiger partial charge in [0.05, 0.1) is 9.88 Å². The molecule has 0 unspecified atom stereocenters. The Balaban J connectivity index is 2.41. The summed E-state index contributed by atoms with van der Waals surface area (Å²) in [5.74, 6) is 0.431. The number of rotatable bonds is 4. The summed E-state index contributed by atoms with van der Waals surface area (Å²) in [6, 6.07) is 7.74. The van der Waals surface area contributed by atoms with Crippen molar-refractivity contribution in [3.05, 3.63) is 35.5 Å². The molecule has 0 fully saturated rings. The van der Waals surface area contributed by atoms with Crippen molar-refractivity contribution in [3.63, 3.8) is 0 Å². The van der Waals surface area contributed by atoms with E-state index in [1.165, 1.54) is 0 Å². The summed E-state index contributed by atoms with van der Waals surface area (Å²) in [6.45, 7) is 4.25. The molecule has 3 nitrogen and oxygen atoms in total. The normalized spacial score (nSPS) is 10.5. The topological polar surface area (TPSA) is 42.0 Å². The monoisotopic (exact) mass is 246 g/mol. The van der Waals surface area contributed by atoms with Crippen molar-refractivity contribution in [3.8, 4) is 10.4 Å². The van der Waals surface area contributed by atoms with E-state index < -0.39 is 0 Å². The second kappa shape index (κ2) is 5.10. The molecule has 1 heterocycles. The third kappa shape index (κ3) is 2.53. The fourth-order valence-electron chi connectivity index (χ4n) is 1.57. The second-order valence-electron chi connectivity index (χ2n) is 4.03. The van der Waals surface area contributed by atoms with Crippen molar-refractivity contribution < 1.29 is 4.79 Å². The molecule has 2 rings (SSSR count). The van der Waals surface area contributed by atoms with Crippen molar-refractivity contribution in [1.82, 2.24) is 4.98 Å². The minimum atomic E-state index is 0.431. The van der Waals surface area contributed by atoms with Gasteiger partial charge in [0, 0.05) is 23.4 Å². The van der Waals surface area contributed by atoms with Crippen molar-refractivity contribution in [2.75, 3.05) is 5.32 Å². The molecule has 0 radical (unpaired) electrons.